The summed E-state index contributed by atoms with van der Waals surface area (Å²) in [5.41, 5.74) is 2.27. The molecule has 0 radical (unpaired) electrons. The van der Waals surface area contributed by atoms with E-state index >= 15 is 0 Å². The van der Waals surface area contributed by atoms with Gasteiger partial charge in [-0.05, 0) is 42.9 Å². The molecule has 24 heavy (non-hydrogen) atoms. The fourth-order valence-electron chi connectivity index (χ4n) is 3.04. The van der Waals surface area contributed by atoms with Gasteiger partial charge >= 0.3 is 0 Å². The maximum absolute atomic E-state index is 12.0. The number of ether oxygens (including phenoxy) is 1. The van der Waals surface area contributed by atoms with Gasteiger partial charge in [0.25, 0.3) is 5.91 Å². The van der Waals surface area contributed by atoms with Crippen LogP contribution in [0.1, 0.15) is 51.5 Å². The second-order valence-corrected chi connectivity index (χ2v) is 6.08. The van der Waals surface area contributed by atoms with Crippen LogP contribution in [0.3, 0.4) is 0 Å². The van der Waals surface area contributed by atoms with Crippen molar-refractivity contribution in [3.05, 3.63) is 30.0 Å². The van der Waals surface area contributed by atoms with Gasteiger partial charge in [-0.3, -0.25) is 4.79 Å². The Hall–Kier alpha value is -2.01. The molecule has 2 aromatic rings. The summed E-state index contributed by atoms with van der Waals surface area (Å²) in [7, 11) is 0. The topological polar surface area (TPSA) is 74.3 Å². The number of aliphatic hydroxyl groups excluding tert-OH is 1. The van der Waals surface area contributed by atoms with Gasteiger partial charge in [0, 0.05) is 17.1 Å². The van der Waals surface area contributed by atoms with Crippen molar-refractivity contribution in [1.82, 2.24) is 10.3 Å². The SMILES string of the molecule is CCC(CO)NC(=O)COc1cccc2[nH]cc(C(CC)CC)c12. The number of rotatable bonds is 9. The van der Waals surface area contributed by atoms with Crippen molar-refractivity contribution in [3.8, 4) is 5.75 Å². The Morgan fingerprint density at radius 1 is 1.25 bits per heavy atom. The quantitative estimate of drug-likeness (QED) is 0.659. The van der Waals surface area contributed by atoms with Crippen molar-refractivity contribution in [1.29, 1.82) is 0 Å². The van der Waals surface area contributed by atoms with Gasteiger partial charge in [-0.25, -0.2) is 0 Å². The van der Waals surface area contributed by atoms with Crippen molar-refractivity contribution >= 4 is 16.8 Å². The molecule has 1 unspecified atom stereocenters. The van der Waals surface area contributed by atoms with Gasteiger partial charge in [-0.15, -0.1) is 0 Å². The van der Waals surface area contributed by atoms with Crippen LogP contribution in [0.2, 0.25) is 0 Å². The number of nitrogens with one attached hydrogen (secondary N) is 2. The van der Waals surface area contributed by atoms with Crippen LogP contribution >= 0.6 is 0 Å². The average molecular weight is 332 g/mol. The van der Waals surface area contributed by atoms with E-state index in [0.29, 0.717) is 12.3 Å². The number of aromatic nitrogens is 1. The largest absolute Gasteiger partial charge is 0.483 e. The highest BCUT2D eigenvalue weighted by molar-refractivity contribution is 5.90. The Labute approximate surface area is 143 Å². The lowest BCUT2D eigenvalue weighted by Gasteiger charge is -2.16. The molecule has 1 aromatic carbocycles. The summed E-state index contributed by atoms with van der Waals surface area (Å²) in [6, 6.07) is 5.63. The Balaban J connectivity index is 2.17. The molecule has 3 N–H and O–H groups in total. The van der Waals surface area contributed by atoms with E-state index in [2.05, 4.69) is 24.1 Å². The minimum Gasteiger partial charge on any atom is -0.483 e. The molecule has 0 bridgehead atoms. The van der Waals surface area contributed by atoms with Crippen molar-refractivity contribution in [2.45, 2.75) is 52.0 Å². The summed E-state index contributed by atoms with van der Waals surface area (Å²) in [6.45, 7) is 6.18. The van der Waals surface area contributed by atoms with E-state index in [9.17, 15) is 4.79 Å². The van der Waals surface area contributed by atoms with Crippen LogP contribution in [-0.4, -0.2) is 35.3 Å². The molecule has 0 aliphatic rings. The molecule has 5 heteroatoms. The zero-order valence-electron chi connectivity index (χ0n) is 14.8. The predicted octanol–water partition coefficient (Wildman–Crippen LogP) is 3.34. The summed E-state index contributed by atoms with van der Waals surface area (Å²) >= 11 is 0. The molecular formula is C19H28N2O3. The summed E-state index contributed by atoms with van der Waals surface area (Å²) < 4.78 is 5.80. The highest BCUT2D eigenvalue weighted by Crippen LogP contribution is 2.35. The molecule has 0 fully saturated rings. The molecular weight excluding hydrogens is 304 g/mol. The third-order valence-corrected chi connectivity index (χ3v) is 4.56. The van der Waals surface area contributed by atoms with Gasteiger partial charge in [0.2, 0.25) is 0 Å². The summed E-state index contributed by atoms with van der Waals surface area (Å²) in [5.74, 6) is 0.978. The third kappa shape index (κ3) is 4.09. The van der Waals surface area contributed by atoms with E-state index in [0.717, 1.165) is 29.5 Å². The van der Waals surface area contributed by atoms with Crippen molar-refractivity contribution in [3.63, 3.8) is 0 Å². The van der Waals surface area contributed by atoms with E-state index in [4.69, 9.17) is 9.84 Å². The van der Waals surface area contributed by atoms with E-state index < -0.39 is 0 Å². The first-order valence-electron chi connectivity index (χ1n) is 8.77. The monoisotopic (exact) mass is 332 g/mol. The number of amides is 1. The highest BCUT2D eigenvalue weighted by atomic mass is 16.5. The van der Waals surface area contributed by atoms with Gasteiger partial charge in [0.1, 0.15) is 5.75 Å². The molecule has 0 aliphatic heterocycles. The predicted molar refractivity (Wildman–Crippen MR) is 96.4 cm³/mol. The molecule has 5 nitrogen and oxygen atoms in total. The van der Waals surface area contributed by atoms with Crippen molar-refractivity contribution in [2.75, 3.05) is 13.2 Å². The fourth-order valence-corrected chi connectivity index (χ4v) is 3.04. The molecule has 132 valence electrons. The average Bonchev–Trinajstić information content (AvgIpc) is 3.03. The van der Waals surface area contributed by atoms with Gasteiger partial charge in [0.15, 0.2) is 6.61 Å². The van der Waals surface area contributed by atoms with E-state index in [1.165, 1.54) is 5.56 Å². The maximum Gasteiger partial charge on any atom is 0.258 e. The molecule has 1 heterocycles. The Kier molecular flexibility index (Phi) is 6.67. The fraction of sp³-hybridized carbons (Fsp3) is 0.526. The second-order valence-electron chi connectivity index (χ2n) is 6.08. The standard InChI is InChI=1S/C19H28N2O3/c1-4-13(5-2)15-10-20-16-8-7-9-17(19(15)16)24-12-18(23)21-14(6-3)11-22/h7-10,13-14,20,22H,4-6,11-12H2,1-3H3,(H,21,23). The summed E-state index contributed by atoms with van der Waals surface area (Å²) in [5, 5.41) is 13.0. The molecule has 1 aromatic heterocycles. The van der Waals surface area contributed by atoms with E-state index in [1.807, 2.05) is 31.3 Å². The molecule has 0 aliphatic carbocycles. The lowest BCUT2D eigenvalue weighted by atomic mass is 9.93. The minimum absolute atomic E-state index is 0.0524. The molecule has 0 saturated carbocycles. The van der Waals surface area contributed by atoms with Crippen LogP contribution in [0.25, 0.3) is 10.9 Å². The lowest BCUT2D eigenvalue weighted by Crippen LogP contribution is -2.39. The van der Waals surface area contributed by atoms with Gasteiger partial charge in [-0.1, -0.05) is 26.8 Å². The second kappa shape index (κ2) is 8.73. The minimum atomic E-state index is -0.218. The van der Waals surface area contributed by atoms with Crippen LogP contribution in [0.15, 0.2) is 24.4 Å². The van der Waals surface area contributed by atoms with Gasteiger partial charge in [0.05, 0.1) is 12.6 Å². The Morgan fingerprint density at radius 2 is 2.00 bits per heavy atom. The van der Waals surface area contributed by atoms with E-state index in [1.54, 1.807) is 0 Å². The Bertz CT molecular complexity index is 658. The van der Waals surface area contributed by atoms with Crippen LogP contribution in [0.4, 0.5) is 0 Å². The van der Waals surface area contributed by atoms with Gasteiger partial charge < -0.3 is 20.1 Å². The molecule has 0 saturated heterocycles. The number of fused-ring (bicyclic) bond motifs is 1. The van der Waals surface area contributed by atoms with Crippen LogP contribution in [0, 0.1) is 0 Å². The molecule has 2 rings (SSSR count). The number of carbonyl (C=O) groups excluding carboxylic acids is 1. The first-order chi connectivity index (χ1) is 11.6. The normalized spacial score (nSPS) is 12.5. The Morgan fingerprint density at radius 3 is 2.62 bits per heavy atom. The third-order valence-electron chi connectivity index (χ3n) is 4.56. The number of aromatic amines is 1. The highest BCUT2D eigenvalue weighted by Gasteiger charge is 2.17. The maximum atomic E-state index is 12.0. The summed E-state index contributed by atoms with van der Waals surface area (Å²) in [6.07, 6.45) is 4.86. The number of H-pyrrole nitrogens is 1. The number of benzene rings is 1. The lowest BCUT2D eigenvalue weighted by molar-refractivity contribution is -0.124. The van der Waals surface area contributed by atoms with Crippen LogP contribution in [0.5, 0.6) is 5.75 Å². The smallest absolute Gasteiger partial charge is 0.258 e. The zero-order valence-corrected chi connectivity index (χ0v) is 14.8. The zero-order chi connectivity index (χ0) is 17.5. The number of carbonyl (C=O) groups is 1. The number of hydrogen-bond acceptors (Lipinski definition) is 3. The molecule has 0 spiro atoms. The van der Waals surface area contributed by atoms with Gasteiger partial charge in [-0.2, -0.15) is 0 Å². The van der Waals surface area contributed by atoms with Crippen LogP contribution < -0.4 is 10.1 Å². The first kappa shape index (κ1) is 18.3. The number of hydrogen-bond donors (Lipinski definition) is 3. The van der Waals surface area contributed by atoms with Crippen molar-refractivity contribution < 1.29 is 14.6 Å². The number of aliphatic hydroxyl groups is 1. The van der Waals surface area contributed by atoms with Crippen LogP contribution in [-0.2, 0) is 4.79 Å². The first-order valence-corrected chi connectivity index (χ1v) is 8.77. The summed E-state index contributed by atoms with van der Waals surface area (Å²) in [4.78, 5) is 15.3. The van der Waals surface area contributed by atoms with E-state index in [-0.39, 0.29) is 25.2 Å². The molecule has 1 atom stereocenters. The van der Waals surface area contributed by atoms with Crippen molar-refractivity contribution in [2.24, 2.45) is 0 Å². The molecule has 1 amide bonds.